The normalized spacial score (nSPS) is 12.8. The summed E-state index contributed by atoms with van der Waals surface area (Å²) in [7, 11) is 0. The van der Waals surface area contributed by atoms with Gasteiger partial charge in [0.15, 0.2) is 18.1 Å². The van der Waals surface area contributed by atoms with Crippen molar-refractivity contribution in [2.75, 3.05) is 33.0 Å². The Morgan fingerprint density at radius 2 is 1.93 bits per heavy atom. The van der Waals surface area contributed by atoms with Crippen molar-refractivity contribution in [2.45, 2.75) is 13.3 Å². The molecule has 0 aromatic heterocycles. The van der Waals surface area contributed by atoms with Crippen molar-refractivity contribution in [3.63, 3.8) is 0 Å². The molecule has 0 radical (unpaired) electrons. The second-order valence-electron chi connectivity index (χ2n) is 6.71. The number of hydrogen-bond acceptors (Lipinski definition) is 6. The van der Waals surface area contributed by atoms with Crippen LogP contribution in [0.5, 0.6) is 17.2 Å². The quantitative estimate of drug-likeness (QED) is 0.409. The minimum Gasteiger partial charge on any atom is -0.492 e. The molecule has 0 atom stereocenters. The number of benzene rings is 2. The highest BCUT2D eigenvalue weighted by Crippen LogP contribution is 2.30. The zero-order valence-corrected chi connectivity index (χ0v) is 16.9. The van der Waals surface area contributed by atoms with Crippen molar-refractivity contribution in [3.8, 4) is 17.2 Å². The second-order valence-corrected chi connectivity index (χ2v) is 6.71. The van der Waals surface area contributed by atoms with Crippen molar-refractivity contribution in [3.05, 3.63) is 59.7 Å². The molecule has 2 aromatic carbocycles. The van der Waals surface area contributed by atoms with Gasteiger partial charge in [-0.2, -0.15) is 0 Å². The highest BCUT2D eigenvalue weighted by molar-refractivity contribution is 5.89. The Bertz CT molecular complexity index is 908. The van der Waals surface area contributed by atoms with Gasteiger partial charge in [-0.3, -0.25) is 4.79 Å². The van der Waals surface area contributed by atoms with E-state index in [1.807, 2.05) is 37.3 Å². The van der Waals surface area contributed by atoms with Gasteiger partial charge >= 0.3 is 5.97 Å². The Labute approximate surface area is 175 Å². The van der Waals surface area contributed by atoms with Crippen molar-refractivity contribution in [1.82, 2.24) is 5.32 Å². The first kappa shape index (κ1) is 21.2. The lowest BCUT2D eigenvalue weighted by molar-refractivity contribution is -0.143. The first-order valence-electron chi connectivity index (χ1n) is 9.81. The molecule has 1 amide bonds. The molecule has 0 bridgehead atoms. The summed E-state index contributed by atoms with van der Waals surface area (Å²) in [5.41, 5.74) is 1.87. The van der Waals surface area contributed by atoms with Crippen LogP contribution >= 0.6 is 0 Å². The van der Waals surface area contributed by atoms with Crippen LogP contribution < -0.4 is 19.5 Å². The van der Waals surface area contributed by atoms with Crippen LogP contribution in [0.15, 0.2) is 48.5 Å². The number of rotatable bonds is 8. The lowest BCUT2D eigenvalue weighted by atomic mass is 10.2. The van der Waals surface area contributed by atoms with Crippen LogP contribution in [0.1, 0.15) is 17.5 Å². The number of aryl methyl sites for hydroxylation is 1. The number of ether oxygens (including phenoxy) is 4. The Morgan fingerprint density at radius 3 is 2.77 bits per heavy atom. The molecule has 158 valence electrons. The van der Waals surface area contributed by atoms with Crippen molar-refractivity contribution in [2.24, 2.45) is 0 Å². The maximum atomic E-state index is 11.8. The van der Waals surface area contributed by atoms with Gasteiger partial charge in [-0.25, -0.2) is 4.79 Å². The van der Waals surface area contributed by atoms with Crippen molar-refractivity contribution >= 4 is 18.0 Å². The molecule has 0 saturated heterocycles. The fourth-order valence-corrected chi connectivity index (χ4v) is 2.75. The van der Waals surface area contributed by atoms with Gasteiger partial charge in [0.1, 0.15) is 12.4 Å². The third-order valence-corrected chi connectivity index (χ3v) is 4.21. The minimum atomic E-state index is -0.603. The number of carbonyl (C=O) groups excluding carboxylic acids is 2. The molecule has 7 nitrogen and oxygen atoms in total. The summed E-state index contributed by atoms with van der Waals surface area (Å²) in [6, 6.07) is 13.1. The molecular formula is C23H25NO6. The molecule has 0 fully saturated rings. The van der Waals surface area contributed by atoms with Crippen LogP contribution in [0.4, 0.5) is 0 Å². The van der Waals surface area contributed by atoms with Crippen LogP contribution in [0.3, 0.4) is 0 Å². The number of amides is 1. The summed E-state index contributed by atoms with van der Waals surface area (Å²) in [5, 5.41) is 2.64. The predicted octanol–water partition coefficient (Wildman–Crippen LogP) is 2.91. The topological polar surface area (TPSA) is 83.1 Å². The zero-order chi connectivity index (χ0) is 21.2. The van der Waals surface area contributed by atoms with Gasteiger partial charge in [-0.1, -0.05) is 18.2 Å². The number of carbonyl (C=O) groups is 2. The van der Waals surface area contributed by atoms with Gasteiger partial charge < -0.3 is 24.3 Å². The average Bonchev–Trinajstić information content (AvgIpc) is 2.99. The maximum Gasteiger partial charge on any atom is 0.331 e. The smallest absolute Gasteiger partial charge is 0.331 e. The van der Waals surface area contributed by atoms with Crippen LogP contribution in [0, 0.1) is 6.92 Å². The van der Waals surface area contributed by atoms with E-state index in [-0.39, 0.29) is 12.5 Å². The molecule has 0 spiro atoms. The van der Waals surface area contributed by atoms with Crippen molar-refractivity contribution in [1.29, 1.82) is 0 Å². The van der Waals surface area contributed by atoms with Crippen molar-refractivity contribution < 1.29 is 28.5 Å². The first-order chi connectivity index (χ1) is 14.6. The molecule has 2 aromatic rings. The Hall–Kier alpha value is -3.48. The molecule has 1 N–H and O–H groups in total. The second kappa shape index (κ2) is 10.9. The first-order valence-corrected chi connectivity index (χ1v) is 9.81. The van der Waals surface area contributed by atoms with E-state index in [2.05, 4.69) is 5.32 Å². The Morgan fingerprint density at radius 1 is 1.10 bits per heavy atom. The van der Waals surface area contributed by atoms with E-state index in [9.17, 15) is 9.59 Å². The maximum absolute atomic E-state index is 11.8. The molecule has 0 aliphatic carbocycles. The molecule has 7 heteroatoms. The molecule has 1 aliphatic heterocycles. The fourth-order valence-electron chi connectivity index (χ4n) is 2.75. The van der Waals surface area contributed by atoms with E-state index in [1.54, 1.807) is 18.2 Å². The van der Waals surface area contributed by atoms with E-state index in [0.717, 1.165) is 23.3 Å². The Kier molecular flexibility index (Phi) is 7.71. The van der Waals surface area contributed by atoms with Crippen LogP contribution in [0.2, 0.25) is 0 Å². The van der Waals surface area contributed by atoms with Gasteiger partial charge in [-0.05, 0) is 48.4 Å². The number of hydrogen-bond donors (Lipinski definition) is 1. The standard InChI is InChI=1S/C23H25NO6/c1-17-4-2-5-19(14-17)27-13-10-24-22(25)16-30-23(26)9-7-18-6-8-20-21(15-18)29-12-3-11-28-20/h2,4-9,14-15H,3,10-13,16H2,1H3,(H,24,25)/b9-7+. The summed E-state index contributed by atoms with van der Waals surface area (Å²) in [5.74, 6) is 1.09. The molecule has 3 rings (SSSR count). The summed E-state index contributed by atoms with van der Waals surface area (Å²) >= 11 is 0. The lowest BCUT2D eigenvalue weighted by Crippen LogP contribution is -2.31. The highest BCUT2D eigenvalue weighted by Gasteiger charge is 2.10. The largest absolute Gasteiger partial charge is 0.492 e. The predicted molar refractivity (Wildman–Crippen MR) is 112 cm³/mol. The SMILES string of the molecule is Cc1cccc(OCCNC(=O)COC(=O)/C=C/c2ccc3c(c2)OCCCO3)c1. The minimum absolute atomic E-state index is 0.317. The average molecular weight is 411 g/mol. The number of nitrogens with one attached hydrogen (secondary N) is 1. The number of fused-ring (bicyclic) bond motifs is 1. The van der Waals surface area contributed by atoms with E-state index in [0.29, 0.717) is 37.9 Å². The summed E-state index contributed by atoms with van der Waals surface area (Å²) in [4.78, 5) is 23.6. The van der Waals surface area contributed by atoms with E-state index in [4.69, 9.17) is 18.9 Å². The van der Waals surface area contributed by atoms with Gasteiger partial charge in [0.05, 0.1) is 19.8 Å². The highest BCUT2D eigenvalue weighted by atomic mass is 16.5. The Balaban J connectivity index is 1.35. The summed E-state index contributed by atoms with van der Waals surface area (Å²) < 4.78 is 21.7. The monoisotopic (exact) mass is 411 g/mol. The fraction of sp³-hybridized carbons (Fsp3) is 0.304. The van der Waals surface area contributed by atoms with E-state index in [1.165, 1.54) is 6.08 Å². The zero-order valence-electron chi connectivity index (χ0n) is 16.9. The van der Waals surface area contributed by atoms with Gasteiger partial charge in [0.25, 0.3) is 5.91 Å². The molecular weight excluding hydrogens is 386 g/mol. The van der Waals surface area contributed by atoms with Crippen LogP contribution in [-0.4, -0.2) is 44.8 Å². The van der Waals surface area contributed by atoms with Crippen LogP contribution in [0.25, 0.3) is 6.08 Å². The molecule has 1 heterocycles. The number of esters is 1. The lowest BCUT2D eigenvalue weighted by Gasteiger charge is -2.08. The van der Waals surface area contributed by atoms with Crippen LogP contribution in [-0.2, 0) is 14.3 Å². The third-order valence-electron chi connectivity index (χ3n) is 4.21. The molecule has 1 aliphatic rings. The van der Waals surface area contributed by atoms with Gasteiger partial charge in [-0.15, -0.1) is 0 Å². The van der Waals surface area contributed by atoms with Gasteiger partial charge in [0, 0.05) is 12.5 Å². The summed E-state index contributed by atoms with van der Waals surface area (Å²) in [6.07, 6.45) is 3.70. The molecule has 0 saturated carbocycles. The van der Waals surface area contributed by atoms with E-state index >= 15 is 0 Å². The molecule has 0 unspecified atom stereocenters. The van der Waals surface area contributed by atoms with E-state index < -0.39 is 5.97 Å². The van der Waals surface area contributed by atoms with Gasteiger partial charge in [0.2, 0.25) is 0 Å². The summed E-state index contributed by atoms with van der Waals surface area (Å²) in [6.45, 7) is 3.48. The molecule has 30 heavy (non-hydrogen) atoms. The third kappa shape index (κ3) is 6.84.